The van der Waals surface area contributed by atoms with E-state index in [4.69, 9.17) is 5.73 Å². The van der Waals surface area contributed by atoms with Gasteiger partial charge < -0.3 is 5.73 Å². The topological polar surface area (TPSA) is 75.4 Å². The molecule has 3 aliphatic rings. The second-order valence-electron chi connectivity index (χ2n) is 8.69. The third-order valence-corrected chi connectivity index (χ3v) is 6.88. The number of nitrogens with one attached hydrogen (secondary N) is 1. The summed E-state index contributed by atoms with van der Waals surface area (Å²) in [7, 11) is 0. The maximum absolute atomic E-state index is 12.4. The summed E-state index contributed by atoms with van der Waals surface area (Å²) in [6.45, 7) is 10.8. The zero-order chi connectivity index (χ0) is 15.8. The molecule has 0 spiro atoms. The summed E-state index contributed by atoms with van der Waals surface area (Å²) in [4.78, 5) is 24.8. The molecule has 1 aliphatic heterocycles. The number of nitrogens with zero attached hydrogens (tertiary/aromatic N) is 1. The number of rotatable bonds is 2. The first-order valence-electron chi connectivity index (χ1n) is 7.88. The lowest BCUT2D eigenvalue weighted by Gasteiger charge is -2.46. The lowest BCUT2D eigenvalue weighted by Crippen LogP contribution is -2.66. The van der Waals surface area contributed by atoms with Gasteiger partial charge in [0.25, 0.3) is 0 Å². The van der Waals surface area contributed by atoms with Crippen LogP contribution in [0, 0.1) is 22.2 Å². The molecule has 2 saturated carbocycles. The van der Waals surface area contributed by atoms with Crippen LogP contribution in [-0.4, -0.2) is 28.9 Å². The summed E-state index contributed by atoms with van der Waals surface area (Å²) >= 11 is 0. The summed E-state index contributed by atoms with van der Waals surface area (Å²) in [5.74, 6) is 0.196. The van der Waals surface area contributed by atoms with Crippen LogP contribution >= 0.6 is 0 Å². The molecule has 4 unspecified atom stereocenters. The van der Waals surface area contributed by atoms with E-state index in [2.05, 4.69) is 19.3 Å². The van der Waals surface area contributed by atoms with Gasteiger partial charge in [-0.3, -0.25) is 15.0 Å². The molecule has 4 bridgehead atoms. The van der Waals surface area contributed by atoms with Crippen LogP contribution in [0.4, 0.5) is 0 Å². The molecular formula is C16H27N3O2. The Balaban J connectivity index is 1.99. The highest BCUT2D eigenvalue weighted by Crippen LogP contribution is 2.75. The summed E-state index contributed by atoms with van der Waals surface area (Å²) < 4.78 is 0. The average molecular weight is 293 g/mol. The quantitative estimate of drug-likeness (QED) is 0.808. The largest absolute Gasteiger partial charge is 0.368 e. The van der Waals surface area contributed by atoms with E-state index in [-0.39, 0.29) is 22.6 Å². The minimum Gasteiger partial charge on any atom is -0.368 e. The number of piperidine rings is 1. The molecule has 21 heavy (non-hydrogen) atoms. The number of hydrogen-bond donors (Lipinski definition) is 2. The van der Waals surface area contributed by atoms with E-state index in [9.17, 15) is 9.59 Å². The van der Waals surface area contributed by atoms with Crippen molar-refractivity contribution in [3.05, 3.63) is 0 Å². The van der Waals surface area contributed by atoms with Gasteiger partial charge in [0.1, 0.15) is 5.54 Å². The Kier molecular flexibility index (Phi) is 2.68. The minimum absolute atomic E-state index is 0.0567. The number of hydrazine groups is 1. The first kappa shape index (κ1) is 14.8. The third-order valence-electron chi connectivity index (χ3n) is 6.88. The Morgan fingerprint density at radius 1 is 1.29 bits per heavy atom. The van der Waals surface area contributed by atoms with Crippen LogP contribution in [0.15, 0.2) is 0 Å². The first-order valence-corrected chi connectivity index (χ1v) is 7.88. The molecule has 5 nitrogen and oxygen atoms in total. The van der Waals surface area contributed by atoms with Crippen molar-refractivity contribution >= 4 is 11.8 Å². The van der Waals surface area contributed by atoms with Gasteiger partial charge in [0, 0.05) is 17.4 Å². The van der Waals surface area contributed by atoms with Crippen molar-refractivity contribution in [1.29, 1.82) is 0 Å². The van der Waals surface area contributed by atoms with Crippen molar-refractivity contribution < 1.29 is 9.59 Å². The molecule has 3 rings (SSSR count). The van der Waals surface area contributed by atoms with Gasteiger partial charge in [-0.15, -0.1) is 0 Å². The second kappa shape index (κ2) is 3.80. The fraction of sp³-hybridized carbons (Fsp3) is 0.875. The Morgan fingerprint density at radius 2 is 1.90 bits per heavy atom. The van der Waals surface area contributed by atoms with Crippen molar-refractivity contribution in [2.24, 2.45) is 27.9 Å². The summed E-state index contributed by atoms with van der Waals surface area (Å²) in [6.07, 6.45) is 2.96. The Bertz CT molecular complexity index is 526. The maximum atomic E-state index is 12.4. The number of carbonyl (C=O) groups excluding carboxylic acids is 2. The van der Waals surface area contributed by atoms with Gasteiger partial charge in [0.2, 0.25) is 11.8 Å². The zero-order valence-corrected chi connectivity index (χ0v) is 13.7. The molecule has 3 N–H and O–H groups in total. The van der Waals surface area contributed by atoms with E-state index in [0.717, 1.165) is 19.4 Å². The van der Waals surface area contributed by atoms with Gasteiger partial charge in [-0.1, -0.05) is 34.6 Å². The van der Waals surface area contributed by atoms with Crippen LogP contribution < -0.4 is 11.2 Å². The van der Waals surface area contributed by atoms with Crippen molar-refractivity contribution in [3.8, 4) is 0 Å². The molecular weight excluding hydrogens is 266 g/mol. The van der Waals surface area contributed by atoms with Crippen LogP contribution in [0.1, 0.15) is 53.9 Å². The van der Waals surface area contributed by atoms with Gasteiger partial charge in [0.15, 0.2) is 0 Å². The Hall–Kier alpha value is -1.10. The molecule has 0 radical (unpaired) electrons. The van der Waals surface area contributed by atoms with Crippen molar-refractivity contribution in [1.82, 2.24) is 10.4 Å². The molecule has 0 aromatic rings. The van der Waals surface area contributed by atoms with Gasteiger partial charge in [0.05, 0.1) is 0 Å². The van der Waals surface area contributed by atoms with Crippen LogP contribution in [0.5, 0.6) is 0 Å². The SMILES string of the molecule is CC(C)(C)C(=O)NN1CC2(C)C3CCC2(C)C1(C(N)=O)C3. The summed E-state index contributed by atoms with van der Waals surface area (Å²) in [5, 5.41) is 1.87. The summed E-state index contributed by atoms with van der Waals surface area (Å²) in [5.41, 5.74) is 7.57. The normalized spacial score (nSPS) is 45.1. The van der Waals surface area contributed by atoms with Gasteiger partial charge >= 0.3 is 0 Å². The van der Waals surface area contributed by atoms with E-state index in [1.165, 1.54) is 6.42 Å². The average Bonchev–Trinajstić information content (AvgIpc) is 2.78. The van der Waals surface area contributed by atoms with Crippen LogP contribution in [0.25, 0.3) is 0 Å². The highest BCUT2D eigenvalue weighted by Gasteiger charge is 2.80. The van der Waals surface area contributed by atoms with Gasteiger partial charge in [-0.2, -0.15) is 0 Å². The molecule has 1 saturated heterocycles. The molecule has 0 aromatic carbocycles. The third kappa shape index (κ3) is 1.46. The number of nitrogens with two attached hydrogens (primary N) is 1. The van der Waals surface area contributed by atoms with Crippen molar-refractivity contribution in [2.45, 2.75) is 59.4 Å². The van der Waals surface area contributed by atoms with E-state index in [0.29, 0.717) is 5.92 Å². The zero-order valence-electron chi connectivity index (χ0n) is 13.7. The van der Waals surface area contributed by atoms with Crippen LogP contribution in [0.2, 0.25) is 0 Å². The number of hydrogen-bond acceptors (Lipinski definition) is 3. The molecule has 3 fully saturated rings. The Morgan fingerprint density at radius 3 is 2.38 bits per heavy atom. The van der Waals surface area contributed by atoms with Gasteiger partial charge in [-0.25, -0.2) is 5.01 Å². The predicted octanol–water partition coefficient (Wildman–Crippen LogP) is 1.43. The fourth-order valence-electron chi connectivity index (χ4n) is 5.21. The predicted molar refractivity (Wildman–Crippen MR) is 79.8 cm³/mol. The van der Waals surface area contributed by atoms with Crippen molar-refractivity contribution in [2.75, 3.05) is 6.54 Å². The number of amides is 2. The lowest BCUT2D eigenvalue weighted by molar-refractivity contribution is -0.147. The highest BCUT2D eigenvalue weighted by molar-refractivity contribution is 5.89. The lowest BCUT2D eigenvalue weighted by atomic mass is 9.65. The molecule has 2 aliphatic carbocycles. The molecule has 2 amide bonds. The number of carbonyl (C=O) groups is 2. The highest BCUT2D eigenvalue weighted by atomic mass is 16.2. The first-order chi connectivity index (χ1) is 9.49. The molecule has 0 aromatic heterocycles. The maximum Gasteiger partial charge on any atom is 0.240 e. The van der Waals surface area contributed by atoms with E-state index < -0.39 is 11.0 Å². The molecule has 118 valence electrons. The minimum atomic E-state index is -0.717. The second-order valence-corrected chi connectivity index (χ2v) is 8.69. The fourth-order valence-corrected chi connectivity index (χ4v) is 5.21. The van der Waals surface area contributed by atoms with Crippen molar-refractivity contribution in [3.63, 3.8) is 0 Å². The smallest absolute Gasteiger partial charge is 0.240 e. The standard InChI is InChI=1S/C16H27N3O2/c1-13(2,3)12(21)18-19-9-14(4)10-6-7-15(14,5)16(19,8-10)11(17)20/h10H,6-9H2,1-5H3,(H2,17,20)(H,18,21). The van der Waals surface area contributed by atoms with Crippen LogP contribution in [0.3, 0.4) is 0 Å². The summed E-state index contributed by atoms with van der Waals surface area (Å²) in [6, 6.07) is 0. The van der Waals surface area contributed by atoms with E-state index >= 15 is 0 Å². The number of primary amides is 1. The molecule has 4 atom stereocenters. The van der Waals surface area contributed by atoms with E-state index in [1.807, 2.05) is 25.8 Å². The molecule has 5 heteroatoms. The monoisotopic (exact) mass is 293 g/mol. The van der Waals surface area contributed by atoms with E-state index in [1.54, 1.807) is 0 Å². The van der Waals surface area contributed by atoms with Gasteiger partial charge in [-0.05, 0) is 30.6 Å². The Labute approximate surface area is 126 Å². The van der Waals surface area contributed by atoms with Crippen LogP contribution in [-0.2, 0) is 9.59 Å². The molecule has 1 heterocycles.